The van der Waals surface area contributed by atoms with Crippen molar-refractivity contribution >= 4 is 24.5 Å². The van der Waals surface area contributed by atoms with Crippen molar-refractivity contribution in [3.8, 4) is 0 Å². The van der Waals surface area contributed by atoms with Crippen molar-refractivity contribution in [1.29, 1.82) is 0 Å². The van der Waals surface area contributed by atoms with Gasteiger partial charge in [-0.1, -0.05) is 88.0 Å². The number of hydrogen-bond donors (Lipinski definition) is 0. The van der Waals surface area contributed by atoms with E-state index in [0.717, 1.165) is 10.4 Å². The zero-order valence-electron chi connectivity index (χ0n) is 19.5. The van der Waals surface area contributed by atoms with Crippen molar-refractivity contribution in [2.45, 2.75) is 63.4 Å². The van der Waals surface area contributed by atoms with E-state index in [2.05, 4.69) is 51.6 Å². The van der Waals surface area contributed by atoms with Gasteiger partial charge in [0.05, 0.1) is 6.61 Å². The molecule has 2 aliphatic rings. The largest absolute Gasteiger partial charge is 0.404 e. The van der Waals surface area contributed by atoms with Crippen molar-refractivity contribution in [2.24, 2.45) is 0 Å². The lowest BCUT2D eigenvalue weighted by Gasteiger charge is -2.43. The summed E-state index contributed by atoms with van der Waals surface area (Å²) < 4.78 is 24.8. The fraction of sp³-hybridized carbons (Fsp3) is 0.423. The Morgan fingerprint density at radius 3 is 1.97 bits per heavy atom. The number of Topliss-reactive ketones (excluding diaryl/α,β-unsaturated/α-hetero) is 1. The first-order valence-corrected chi connectivity index (χ1v) is 12.9. The van der Waals surface area contributed by atoms with Crippen LogP contribution in [0.2, 0.25) is 5.04 Å². The summed E-state index contributed by atoms with van der Waals surface area (Å²) in [6, 6.07) is 20.6. The lowest BCUT2D eigenvalue weighted by atomic mass is 10.1. The van der Waals surface area contributed by atoms with E-state index in [9.17, 15) is 4.79 Å². The van der Waals surface area contributed by atoms with Crippen molar-refractivity contribution in [3.05, 3.63) is 73.3 Å². The molecule has 3 atom stereocenters. The Morgan fingerprint density at radius 1 is 1.00 bits per heavy atom. The number of hydrogen-bond acceptors (Lipinski definition) is 5. The lowest BCUT2D eigenvalue weighted by Crippen LogP contribution is -2.67. The molecule has 0 N–H and O–H groups in total. The molecule has 2 aromatic carbocycles. The molecule has 6 heteroatoms. The van der Waals surface area contributed by atoms with Crippen molar-refractivity contribution in [2.75, 3.05) is 6.61 Å². The van der Waals surface area contributed by atoms with Crippen molar-refractivity contribution < 1.29 is 23.4 Å². The Kier molecular flexibility index (Phi) is 5.80. The Bertz CT molecular complexity index is 943. The van der Waals surface area contributed by atoms with Crippen LogP contribution in [0.25, 0.3) is 0 Å². The van der Waals surface area contributed by atoms with Crippen LogP contribution in [0, 0.1) is 0 Å². The van der Waals surface area contributed by atoms with E-state index in [1.54, 1.807) is 13.8 Å². The number of rotatable bonds is 6. The van der Waals surface area contributed by atoms with Crippen LogP contribution in [0.3, 0.4) is 0 Å². The molecule has 2 saturated heterocycles. The second-order valence-corrected chi connectivity index (χ2v) is 14.2. The van der Waals surface area contributed by atoms with Crippen LogP contribution >= 0.6 is 0 Å². The van der Waals surface area contributed by atoms with Gasteiger partial charge in [-0.05, 0) is 35.3 Å². The molecule has 170 valence electrons. The third-order valence-electron chi connectivity index (χ3n) is 6.23. The molecule has 2 aliphatic heterocycles. The molecule has 32 heavy (non-hydrogen) atoms. The SMILES string of the molecule is C=C[C@@]12O[C@@H](CO[Si](c3ccccc3)(c3ccccc3)C(C)(C)C)C(=O)[C@@H]1OC(C)(C)O2. The number of fused-ring (bicyclic) bond motifs is 1. The number of carbonyl (C=O) groups is 1. The van der Waals surface area contributed by atoms with Gasteiger partial charge in [-0.2, -0.15) is 0 Å². The first-order chi connectivity index (χ1) is 15.0. The van der Waals surface area contributed by atoms with Crippen LogP contribution in [-0.2, 0) is 23.4 Å². The van der Waals surface area contributed by atoms with Crippen molar-refractivity contribution in [1.82, 2.24) is 0 Å². The molecule has 0 amide bonds. The van der Waals surface area contributed by atoms with Gasteiger partial charge >= 0.3 is 0 Å². The molecule has 4 rings (SSSR count). The molecule has 0 spiro atoms. The average molecular weight is 453 g/mol. The molecule has 2 fully saturated rings. The molecule has 0 bridgehead atoms. The van der Waals surface area contributed by atoms with Crippen molar-refractivity contribution in [3.63, 3.8) is 0 Å². The predicted molar refractivity (Wildman–Crippen MR) is 126 cm³/mol. The summed E-state index contributed by atoms with van der Waals surface area (Å²) in [5, 5.41) is 2.10. The normalized spacial score (nSPS) is 27.3. The van der Waals surface area contributed by atoms with Gasteiger partial charge < -0.3 is 18.6 Å². The van der Waals surface area contributed by atoms with E-state index in [-0.39, 0.29) is 17.4 Å². The summed E-state index contributed by atoms with van der Waals surface area (Å²) in [4.78, 5) is 13.2. The molecule has 5 nitrogen and oxygen atoms in total. The highest BCUT2D eigenvalue weighted by Crippen LogP contribution is 2.45. The first-order valence-electron chi connectivity index (χ1n) is 11.0. The molecular weight excluding hydrogens is 420 g/mol. The highest BCUT2D eigenvalue weighted by Gasteiger charge is 2.64. The Labute approximate surface area is 191 Å². The van der Waals surface area contributed by atoms with E-state index >= 15 is 0 Å². The van der Waals surface area contributed by atoms with Gasteiger partial charge in [0.1, 0.15) is 6.10 Å². The minimum atomic E-state index is -2.79. The van der Waals surface area contributed by atoms with Gasteiger partial charge in [0.25, 0.3) is 8.32 Å². The van der Waals surface area contributed by atoms with E-state index in [1.807, 2.05) is 36.4 Å². The molecule has 2 aromatic rings. The molecule has 0 radical (unpaired) electrons. The third kappa shape index (κ3) is 3.70. The van der Waals surface area contributed by atoms with Gasteiger partial charge in [0, 0.05) is 0 Å². The fourth-order valence-electron chi connectivity index (χ4n) is 4.89. The van der Waals surface area contributed by atoms with Crippen LogP contribution in [0.1, 0.15) is 34.6 Å². The van der Waals surface area contributed by atoms with E-state index in [1.165, 1.54) is 6.08 Å². The standard InChI is InChI=1S/C26H32O5Si/c1-7-26-23(30-25(5,6)31-26)22(27)21(29-26)18-28-32(24(2,3)4,19-14-10-8-11-15-19)20-16-12-9-13-17-20/h7-17,21,23H,1,18H2,2-6H3/t21-,23-,26-/m0/s1. The van der Waals surface area contributed by atoms with Gasteiger partial charge in [-0.15, -0.1) is 0 Å². The molecule has 0 aliphatic carbocycles. The Hall–Kier alpha value is -2.09. The van der Waals surface area contributed by atoms with Gasteiger partial charge in [0.2, 0.25) is 5.79 Å². The fourth-order valence-corrected chi connectivity index (χ4v) is 9.45. The second kappa shape index (κ2) is 8.04. The summed E-state index contributed by atoms with van der Waals surface area (Å²) >= 11 is 0. The maximum atomic E-state index is 13.2. The van der Waals surface area contributed by atoms with Crippen LogP contribution in [0.4, 0.5) is 0 Å². The molecule has 0 aromatic heterocycles. The molecule has 2 heterocycles. The van der Waals surface area contributed by atoms with Crippen LogP contribution in [0.5, 0.6) is 0 Å². The van der Waals surface area contributed by atoms with E-state index in [0.29, 0.717) is 0 Å². The monoisotopic (exact) mass is 452 g/mol. The smallest absolute Gasteiger partial charge is 0.261 e. The van der Waals surface area contributed by atoms with E-state index < -0.39 is 32.1 Å². The minimum absolute atomic E-state index is 0.116. The topological polar surface area (TPSA) is 54.0 Å². The maximum Gasteiger partial charge on any atom is 0.261 e. The first kappa shape index (κ1) is 23.1. The molecular formula is C26H32O5Si. The number of ketones is 1. The highest BCUT2D eigenvalue weighted by atomic mass is 28.4. The van der Waals surface area contributed by atoms with Gasteiger partial charge in [0.15, 0.2) is 17.7 Å². The highest BCUT2D eigenvalue weighted by molar-refractivity contribution is 6.99. The minimum Gasteiger partial charge on any atom is -0.404 e. The van der Waals surface area contributed by atoms with Gasteiger partial charge in [-0.25, -0.2) is 0 Å². The Balaban J connectivity index is 1.70. The van der Waals surface area contributed by atoms with E-state index in [4.69, 9.17) is 18.6 Å². The predicted octanol–water partition coefficient (Wildman–Crippen LogP) is 3.56. The van der Waals surface area contributed by atoms with Crippen LogP contribution in [-0.4, -0.2) is 44.5 Å². The number of carbonyl (C=O) groups excluding carboxylic acids is 1. The number of ether oxygens (including phenoxy) is 3. The molecule has 0 unspecified atom stereocenters. The second-order valence-electron chi connectivity index (χ2n) is 9.91. The van der Waals surface area contributed by atoms with Crippen LogP contribution in [0.15, 0.2) is 73.3 Å². The zero-order valence-corrected chi connectivity index (χ0v) is 20.5. The van der Waals surface area contributed by atoms with Gasteiger partial charge in [-0.3, -0.25) is 4.79 Å². The summed E-state index contributed by atoms with van der Waals surface area (Å²) in [5.41, 5.74) is 0. The average Bonchev–Trinajstić information content (AvgIpc) is 3.17. The summed E-state index contributed by atoms with van der Waals surface area (Å²) in [6.07, 6.45) is -0.119. The zero-order chi connectivity index (χ0) is 23.2. The number of benzene rings is 2. The summed E-state index contributed by atoms with van der Waals surface area (Å²) in [7, 11) is -2.79. The maximum absolute atomic E-state index is 13.2. The quantitative estimate of drug-likeness (QED) is 0.496. The third-order valence-corrected chi connectivity index (χ3v) is 11.2. The summed E-state index contributed by atoms with van der Waals surface area (Å²) in [5.74, 6) is -2.37. The molecule has 0 saturated carbocycles. The Morgan fingerprint density at radius 2 is 1.53 bits per heavy atom. The summed E-state index contributed by atoms with van der Waals surface area (Å²) in [6.45, 7) is 14.1. The lowest BCUT2D eigenvalue weighted by molar-refractivity contribution is -0.238. The van der Waals surface area contributed by atoms with Crippen LogP contribution < -0.4 is 10.4 Å².